The number of carbonyl (C=O) groups is 1. The topological polar surface area (TPSA) is 89.0 Å². The van der Waals surface area contributed by atoms with Crippen molar-refractivity contribution in [3.63, 3.8) is 0 Å². The molecule has 0 aromatic carbocycles. The van der Waals surface area contributed by atoms with Crippen LogP contribution in [0.5, 0.6) is 0 Å². The van der Waals surface area contributed by atoms with Gasteiger partial charge in [0.25, 0.3) is 0 Å². The number of carbonyl (C=O) groups excluding carboxylic acids is 1. The van der Waals surface area contributed by atoms with E-state index in [1.807, 2.05) is 0 Å². The third-order valence-electron chi connectivity index (χ3n) is 4.18. The maximum Gasteiger partial charge on any atom is 0.235 e. The summed E-state index contributed by atoms with van der Waals surface area (Å²) in [4.78, 5) is 19.7. The highest BCUT2D eigenvalue weighted by Crippen LogP contribution is 2.25. The fraction of sp³-hybridized carbons (Fsp3) is 0.688. The molecule has 0 spiro atoms. The molecular weight excluding hydrogens is 314 g/mol. The zero-order valence-electron chi connectivity index (χ0n) is 13.6. The third kappa shape index (κ3) is 6.64. The molecule has 128 valence electrons. The molecule has 1 saturated carbocycles. The quantitative estimate of drug-likeness (QED) is 0.818. The molecule has 6 nitrogen and oxygen atoms in total. The molecule has 0 bridgehead atoms. The molecule has 0 saturated heterocycles. The normalized spacial score (nSPS) is 16.2. The van der Waals surface area contributed by atoms with Crippen LogP contribution < -0.4 is 5.32 Å². The van der Waals surface area contributed by atoms with Crippen molar-refractivity contribution < 1.29 is 13.2 Å². The van der Waals surface area contributed by atoms with Crippen LogP contribution >= 0.6 is 0 Å². The number of amides is 1. The lowest BCUT2D eigenvalue weighted by molar-refractivity contribution is -0.118. The van der Waals surface area contributed by atoms with Crippen LogP contribution in [0.15, 0.2) is 12.4 Å². The minimum absolute atomic E-state index is 0.230. The van der Waals surface area contributed by atoms with E-state index in [4.69, 9.17) is 0 Å². The Kier molecular flexibility index (Phi) is 6.50. The molecule has 0 unspecified atom stereocenters. The summed E-state index contributed by atoms with van der Waals surface area (Å²) in [5.74, 6) is -0.469. The second-order valence-corrected chi connectivity index (χ2v) is 8.39. The molecular formula is C16H25N3O3S. The first kappa shape index (κ1) is 17.8. The summed E-state index contributed by atoms with van der Waals surface area (Å²) in [7, 11) is -3.51. The van der Waals surface area contributed by atoms with E-state index in [0.29, 0.717) is 23.9 Å². The monoisotopic (exact) mass is 339 g/mol. The zero-order chi connectivity index (χ0) is 16.7. The molecule has 1 amide bonds. The highest BCUT2D eigenvalue weighted by Gasteiger charge is 2.19. The molecule has 1 aliphatic carbocycles. The predicted octanol–water partition coefficient (Wildman–Crippen LogP) is 1.79. The van der Waals surface area contributed by atoms with Crippen molar-refractivity contribution in [2.45, 2.75) is 51.2 Å². The number of aromatic nitrogens is 2. The first-order chi connectivity index (χ1) is 10.9. The van der Waals surface area contributed by atoms with Crippen LogP contribution in [0.25, 0.3) is 0 Å². The Labute approximate surface area is 138 Å². The van der Waals surface area contributed by atoms with Gasteiger partial charge in [-0.25, -0.2) is 18.4 Å². The van der Waals surface area contributed by atoms with Gasteiger partial charge in [0, 0.05) is 12.2 Å². The Morgan fingerprint density at radius 3 is 2.70 bits per heavy atom. The molecule has 1 aliphatic rings. The molecule has 1 heterocycles. The van der Waals surface area contributed by atoms with Crippen LogP contribution in [0.4, 0.5) is 0 Å². The van der Waals surface area contributed by atoms with E-state index in [2.05, 4.69) is 15.3 Å². The second kappa shape index (κ2) is 8.38. The molecule has 7 heteroatoms. The van der Waals surface area contributed by atoms with E-state index in [1.165, 1.54) is 38.4 Å². The first-order valence-electron chi connectivity index (χ1n) is 8.19. The number of nitrogens with zero attached hydrogens (tertiary/aromatic N) is 2. The fourth-order valence-electron chi connectivity index (χ4n) is 3.01. The van der Waals surface area contributed by atoms with Gasteiger partial charge in [0.1, 0.15) is 12.1 Å². The number of aryl methyl sites for hydroxylation is 1. The van der Waals surface area contributed by atoms with E-state index in [-0.39, 0.29) is 5.75 Å². The van der Waals surface area contributed by atoms with E-state index in [0.717, 1.165) is 6.42 Å². The van der Waals surface area contributed by atoms with Gasteiger partial charge in [-0.2, -0.15) is 0 Å². The van der Waals surface area contributed by atoms with Gasteiger partial charge in [0.2, 0.25) is 5.91 Å². The summed E-state index contributed by atoms with van der Waals surface area (Å²) >= 11 is 0. The largest absolute Gasteiger partial charge is 0.355 e. The predicted molar refractivity (Wildman–Crippen MR) is 88.5 cm³/mol. The van der Waals surface area contributed by atoms with Crippen LogP contribution in [0.1, 0.15) is 49.9 Å². The van der Waals surface area contributed by atoms with Crippen LogP contribution in [-0.4, -0.2) is 36.6 Å². The van der Waals surface area contributed by atoms with Gasteiger partial charge in [-0.15, -0.1) is 0 Å². The van der Waals surface area contributed by atoms with Gasteiger partial charge in [0.05, 0.1) is 11.4 Å². The Bertz CT molecular complexity index is 625. The number of nitrogens with one attached hydrogen (secondary N) is 1. The summed E-state index contributed by atoms with van der Waals surface area (Å²) < 4.78 is 24.1. The molecule has 1 aromatic rings. The minimum atomic E-state index is -3.51. The van der Waals surface area contributed by atoms with Crippen molar-refractivity contribution in [3.05, 3.63) is 23.8 Å². The van der Waals surface area contributed by atoms with E-state index < -0.39 is 21.5 Å². The summed E-state index contributed by atoms with van der Waals surface area (Å²) in [5, 5.41) is 2.73. The summed E-state index contributed by atoms with van der Waals surface area (Å²) in [6.07, 6.45) is 8.57. The van der Waals surface area contributed by atoms with Gasteiger partial charge in [-0.1, -0.05) is 32.1 Å². The molecule has 1 N–H and O–H groups in total. The van der Waals surface area contributed by atoms with Gasteiger partial charge in [0.15, 0.2) is 9.84 Å². The lowest BCUT2D eigenvalue weighted by atomic mass is 9.87. The van der Waals surface area contributed by atoms with Gasteiger partial charge in [-0.05, 0) is 25.3 Å². The van der Waals surface area contributed by atoms with Crippen LogP contribution in [0.3, 0.4) is 0 Å². The zero-order valence-corrected chi connectivity index (χ0v) is 14.4. The van der Waals surface area contributed by atoms with Crippen molar-refractivity contribution >= 4 is 15.7 Å². The lowest BCUT2D eigenvalue weighted by Crippen LogP contribution is -2.32. The highest BCUT2D eigenvalue weighted by atomic mass is 32.2. The Morgan fingerprint density at radius 1 is 1.26 bits per heavy atom. The van der Waals surface area contributed by atoms with Crippen molar-refractivity contribution in [2.75, 3.05) is 12.3 Å². The Hall–Kier alpha value is -1.50. The van der Waals surface area contributed by atoms with Crippen LogP contribution in [0.2, 0.25) is 0 Å². The maximum absolute atomic E-state index is 12.1. The van der Waals surface area contributed by atoms with E-state index in [1.54, 1.807) is 13.0 Å². The number of hydrogen-bond acceptors (Lipinski definition) is 5. The van der Waals surface area contributed by atoms with Crippen molar-refractivity contribution in [2.24, 2.45) is 5.92 Å². The van der Waals surface area contributed by atoms with Gasteiger partial charge < -0.3 is 5.32 Å². The second-order valence-electron chi connectivity index (χ2n) is 6.33. The number of hydrogen-bond donors (Lipinski definition) is 1. The number of sulfone groups is 1. The average molecular weight is 339 g/mol. The summed E-state index contributed by atoms with van der Waals surface area (Å²) in [6, 6.07) is 1.62. The summed E-state index contributed by atoms with van der Waals surface area (Å²) in [5.41, 5.74) is 1.13. The maximum atomic E-state index is 12.1. The first-order valence-corrected chi connectivity index (χ1v) is 10.0. The van der Waals surface area contributed by atoms with Crippen LogP contribution in [0, 0.1) is 12.8 Å². The van der Waals surface area contributed by atoms with Crippen LogP contribution in [-0.2, 0) is 20.4 Å². The van der Waals surface area contributed by atoms with Gasteiger partial charge in [-0.3, -0.25) is 4.79 Å². The molecule has 0 aliphatic heterocycles. The SMILES string of the molecule is Cc1cc(CS(=O)(=O)CC(=O)NCCC2CCCCC2)ncn1. The number of rotatable bonds is 7. The van der Waals surface area contributed by atoms with Gasteiger partial charge >= 0.3 is 0 Å². The van der Waals surface area contributed by atoms with E-state index in [9.17, 15) is 13.2 Å². The third-order valence-corrected chi connectivity index (χ3v) is 5.62. The molecule has 1 fully saturated rings. The molecule has 0 radical (unpaired) electrons. The smallest absolute Gasteiger partial charge is 0.235 e. The van der Waals surface area contributed by atoms with E-state index >= 15 is 0 Å². The Balaban J connectivity index is 1.74. The molecule has 1 aromatic heterocycles. The molecule has 0 atom stereocenters. The average Bonchev–Trinajstić information content (AvgIpc) is 2.47. The molecule has 23 heavy (non-hydrogen) atoms. The molecule has 2 rings (SSSR count). The van der Waals surface area contributed by atoms with Crippen molar-refractivity contribution in [3.8, 4) is 0 Å². The highest BCUT2D eigenvalue weighted by molar-refractivity contribution is 7.91. The Morgan fingerprint density at radius 2 is 2.00 bits per heavy atom. The fourth-order valence-corrected chi connectivity index (χ4v) is 4.22. The summed E-state index contributed by atoms with van der Waals surface area (Å²) in [6.45, 7) is 2.33. The lowest BCUT2D eigenvalue weighted by Gasteiger charge is -2.21. The van der Waals surface area contributed by atoms with Crippen molar-refractivity contribution in [1.82, 2.24) is 15.3 Å². The minimum Gasteiger partial charge on any atom is -0.355 e. The standard InChI is InChI=1S/C16H25N3O3S/c1-13-9-15(19-12-18-13)10-23(21,22)11-16(20)17-8-7-14-5-3-2-4-6-14/h9,12,14H,2-8,10-11H2,1H3,(H,17,20). The van der Waals surface area contributed by atoms with Crippen molar-refractivity contribution in [1.29, 1.82) is 0 Å².